The van der Waals surface area contributed by atoms with Crippen LogP contribution in [0.4, 0.5) is 5.69 Å². The Kier molecular flexibility index (Phi) is 2.63. The van der Waals surface area contributed by atoms with Crippen molar-refractivity contribution in [2.45, 2.75) is 19.4 Å². The number of nitrogens with two attached hydrogens (primary N) is 1. The quantitative estimate of drug-likeness (QED) is 0.689. The molecule has 0 bridgehead atoms. The van der Waals surface area contributed by atoms with E-state index in [2.05, 4.69) is 4.98 Å². The van der Waals surface area contributed by atoms with Crippen molar-refractivity contribution in [1.29, 1.82) is 0 Å². The number of hydrogen-bond donors (Lipinski definition) is 3. The topological polar surface area (TPSA) is 101 Å². The molecule has 4 N–H and O–H groups in total. The molecule has 2 rings (SSSR count). The van der Waals surface area contributed by atoms with E-state index in [1.165, 1.54) is 4.57 Å². The Bertz CT molecular complexity index is 626. The van der Waals surface area contributed by atoms with Gasteiger partial charge in [0, 0.05) is 5.69 Å². The summed E-state index contributed by atoms with van der Waals surface area (Å²) in [6.45, 7) is 1.72. The highest BCUT2D eigenvalue weighted by atomic mass is 16.4. The van der Waals surface area contributed by atoms with Gasteiger partial charge in [-0.05, 0) is 24.6 Å². The van der Waals surface area contributed by atoms with E-state index in [0.29, 0.717) is 23.1 Å². The SMILES string of the molecule is CCC(C(=O)O)n1c(=O)[nH]c2ccc(N)cc21. The van der Waals surface area contributed by atoms with Crippen LogP contribution < -0.4 is 11.4 Å². The normalized spacial score (nSPS) is 12.8. The average molecular weight is 235 g/mol. The first-order chi connectivity index (χ1) is 8.04. The Balaban J connectivity index is 2.75. The average Bonchev–Trinajstić information content (AvgIpc) is 2.56. The molecule has 90 valence electrons. The second kappa shape index (κ2) is 3.97. The van der Waals surface area contributed by atoms with Gasteiger partial charge >= 0.3 is 11.7 Å². The van der Waals surface area contributed by atoms with Crippen molar-refractivity contribution in [2.75, 3.05) is 5.73 Å². The Morgan fingerprint density at radius 3 is 2.88 bits per heavy atom. The first-order valence-electron chi connectivity index (χ1n) is 5.27. The number of aromatic nitrogens is 2. The number of carboxylic acid groups (broad SMARTS) is 1. The zero-order chi connectivity index (χ0) is 12.6. The number of nitrogens with one attached hydrogen (secondary N) is 1. The van der Waals surface area contributed by atoms with Gasteiger partial charge in [-0.25, -0.2) is 9.59 Å². The summed E-state index contributed by atoms with van der Waals surface area (Å²) in [5.41, 5.74) is 6.81. The van der Waals surface area contributed by atoms with E-state index in [0.717, 1.165) is 0 Å². The highest BCUT2D eigenvalue weighted by molar-refractivity contribution is 5.82. The number of fused-ring (bicyclic) bond motifs is 1. The van der Waals surface area contributed by atoms with Gasteiger partial charge in [-0.3, -0.25) is 4.57 Å². The molecule has 6 heteroatoms. The summed E-state index contributed by atoms with van der Waals surface area (Å²) < 4.78 is 1.23. The van der Waals surface area contributed by atoms with Gasteiger partial charge in [0.1, 0.15) is 6.04 Å². The third-order valence-corrected chi connectivity index (χ3v) is 2.73. The lowest BCUT2D eigenvalue weighted by Gasteiger charge is -2.11. The molecule has 0 amide bonds. The van der Waals surface area contributed by atoms with E-state index >= 15 is 0 Å². The summed E-state index contributed by atoms with van der Waals surface area (Å²) in [6.07, 6.45) is 0.330. The predicted octanol–water partition coefficient (Wildman–Crippen LogP) is 0.947. The largest absolute Gasteiger partial charge is 0.480 e. The third-order valence-electron chi connectivity index (χ3n) is 2.73. The van der Waals surface area contributed by atoms with Crippen LogP contribution in [0.2, 0.25) is 0 Å². The molecule has 0 spiro atoms. The molecular weight excluding hydrogens is 222 g/mol. The molecule has 0 saturated carbocycles. The number of carboxylic acids is 1. The summed E-state index contributed by atoms with van der Waals surface area (Å²) in [5, 5.41) is 9.09. The second-order valence-corrected chi connectivity index (χ2v) is 3.84. The Labute approximate surface area is 96.7 Å². The van der Waals surface area contributed by atoms with Gasteiger partial charge in [-0.15, -0.1) is 0 Å². The van der Waals surface area contributed by atoms with Crippen LogP contribution in [0, 0.1) is 0 Å². The number of imidazole rings is 1. The van der Waals surface area contributed by atoms with Crippen molar-refractivity contribution >= 4 is 22.7 Å². The van der Waals surface area contributed by atoms with E-state index in [9.17, 15) is 9.59 Å². The number of hydrogen-bond acceptors (Lipinski definition) is 3. The van der Waals surface area contributed by atoms with E-state index in [1.807, 2.05) is 0 Å². The van der Waals surface area contributed by atoms with E-state index in [-0.39, 0.29) is 0 Å². The lowest BCUT2D eigenvalue weighted by Crippen LogP contribution is -2.27. The number of nitrogens with zero attached hydrogens (tertiary/aromatic N) is 1. The maximum absolute atomic E-state index is 11.8. The van der Waals surface area contributed by atoms with Crippen LogP contribution in [0.25, 0.3) is 11.0 Å². The molecule has 0 aliphatic carbocycles. The number of H-pyrrole nitrogens is 1. The molecule has 2 aromatic rings. The minimum absolute atomic E-state index is 0.330. The van der Waals surface area contributed by atoms with Gasteiger partial charge in [0.15, 0.2) is 0 Å². The number of aliphatic carboxylic acids is 1. The summed E-state index contributed by atoms with van der Waals surface area (Å²) in [5.74, 6) is -1.03. The molecular formula is C11H13N3O3. The van der Waals surface area contributed by atoms with Gasteiger partial charge in [-0.2, -0.15) is 0 Å². The first kappa shape index (κ1) is 11.3. The zero-order valence-electron chi connectivity index (χ0n) is 9.30. The molecule has 1 aromatic carbocycles. The molecule has 0 saturated heterocycles. The van der Waals surface area contributed by atoms with Crippen molar-refractivity contribution in [1.82, 2.24) is 9.55 Å². The molecule has 1 aromatic heterocycles. The van der Waals surface area contributed by atoms with Crippen LogP contribution in [0.15, 0.2) is 23.0 Å². The molecule has 0 fully saturated rings. The Morgan fingerprint density at radius 2 is 2.29 bits per heavy atom. The van der Waals surface area contributed by atoms with Crippen LogP contribution >= 0.6 is 0 Å². The Hall–Kier alpha value is -2.24. The highest BCUT2D eigenvalue weighted by Crippen LogP contribution is 2.19. The molecule has 1 atom stereocenters. The van der Waals surface area contributed by atoms with E-state index < -0.39 is 17.7 Å². The maximum Gasteiger partial charge on any atom is 0.327 e. The molecule has 6 nitrogen and oxygen atoms in total. The van der Waals surface area contributed by atoms with E-state index in [4.69, 9.17) is 10.8 Å². The zero-order valence-corrected chi connectivity index (χ0v) is 9.30. The number of carbonyl (C=O) groups is 1. The van der Waals surface area contributed by atoms with Crippen LogP contribution in [0.5, 0.6) is 0 Å². The van der Waals surface area contributed by atoms with Gasteiger partial charge in [-0.1, -0.05) is 6.92 Å². The monoisotopic (exact) mass is 235 g/mol. The van der Waals surface area contributed by atoms with Gasteiger partial charge < -0.3 is 15.8 Å². The number of aromatic amines is 1. The molecule has 17 heavy (non-hydrogen) atoms. The van der Waals surface area contributed by atoms with Crippen molar-refractivity contribution < 1.29 is 9.90 Å². The minimum atomic E-state index is -1.03. The summed E-state index contributed by atoms with van der Waals surface area (Å²) in [4.78, 5) is 25.5. The van der Waals surface area contributed by atoms with Gasteiger partial charge in [0.05, 0.1) is 11.0 Å². The van der Waals surface area contributed by atoms with Crippen LogP contribution in [-0.4, -0.2) is 20.6 Å². The lowest BCUT2D eigenvalue weighted by atomic mass is 10.2. The van der Waals surface area contributed by atoms with Crippen LogP contribution in [-0.2, 0) is 4.79 Å². The molecule has 0 radical (unpaired) electrons. The minimum Gasteiger partial charge on any atom is -0.480 e. The fraction of sp³-hybridized carbons (Fsp3) is 0.273. The second-order valence-electron chi connectivity index (χ2n) is 3.84. The van der Waals surface area contributed by atoms with Gasteiger partial charge in [0.25, 0.3) is 0 Å². The van der Waals surface area contributed by atoms with Gasteiger partial charge in [0.2, 0.25) is 0 Å². The van der Waals surface area contributed by atoms with Crippen molar-refractivity contribution in [2.24, 2.45) is 0 Å². The highest BCUT2D eigenvalue weighted by Gasteiger charge is 2.21. The summed E-state index contributed by atoms with van der Waals surface area (Å²) >= 11 is 0. The Morgan fingerprint density at radius 1 is 1.59 bits per heavy atom. The number of anilines is 1. The van der Waals surface area contributed by atoms with Crippen molar-refractivity contribution in [3.63, 3.8) is 0 Å². The predicted molar refractivity (Wildman–Crippen MR) is 63.9 cm³/mol. The van der Waals surface area contributed by atoms with Crippen molar-refractivity contribution in [3.8, 4) is 0 Å². The van der Waals surface area contributed by atoms with Crippen LogP contribution in [0.1, 0.15) is 19.4 Å². The number of nitrogen functional groups attached to an aromatic ring is 1. The fourth-order valence-corrected chi connectivity index (χ4v) is 1.92. The molecule has 0 aliphatic rings. The first-order valence-corrected chi connectivity index (χ1v) is 5.27. The lowest BCUT2D eigenvalue weighted by molar-refractivity contribution is -0.140. The standard InChI is InChI=1S/C11H13N3O3/c1-2-8(10(15)16)14-9-5-6(12)3-4-7(9)13-11(14)17/h3-5,8H,2,12H2,1H3,(H,13,17)(H,15,16). The van der Waals surface area contributed by atoms with E-state index in [1.54, 1.807) is 25.1 Å². The molecule has 1 unspecified atom stereocenters. The maximum atomic E-state index is 11.8. The third kappa shape index (κ3) is 1.77. The number of rotatable bonds is 3. The smallest absolute Gasteiger partial charge is 0.327 e. The summed E-state index contributed by atoms with van der Waals surface area (Å²) in [7, 11) is 0. The number of benzene rings is 1. The van der Waals surface area contributed by atoms with Crippen LogP contribution in [0.3, 0.4) is 0 Å². The summed E-state index contributed by atoms with van der Waals surface area (Å²) in [6, 6.07) is 4.04. The molecule has 1 heterocycles. The van der Waals surface area contributed by atoms with Crippen molar-refractivity contribution in [3.05, 3.63) is 28.7 Å². The fourth-order valence-electron chi connectivity index (χ4n) is 1.92. The molecule has 0 aliphatic heterocycles.